The Morgan fingerprint density at radius 3 is 2.60 bits per heavy atom. The maximum absolute atomic E-state index is 12.7. The third-order valence-electron chi connectivity index (χ3n) is 4.77. The zero-order valence-corrected chi connectivity index (χ0v) is 17.2. The molecule has 4 rings (SSSR count). The van der Waals surface area contributed by atoms with Gasteiger partial charge in [-0.25, -0.2) is 13.9 Å². The summed E-state index contributed by atoms with van der Waals surface area (Å²) in [5, 5.41) is 8.97. The Morgan fingerprint density at radius 1 is 1.17 bits per heavy atom. The first kappa shape index (κ1) is 19.8. The molecule has 30 heavy (non-hydrogen) atoms. The topological polar surface area (TPSA) is 98.5 Å². The van der Waals surface area contributed by atoms with Crippen molar-refractivity contribution in [2.45, 2.75) is 20.4 Å². The predicted octanol–water partition coefficient (Wildman–Crippen LogP) is 2.73. The number of fused-ring (bicyclic) bond motifs is 1. The summed E-state index contributed by atoms with van der Waals surface area (Å²) in [5.41, 5.74) is 1.16. The summed E-state index contributed by atoms with van der Waals surface area (Å²) in [5.74, 6) is 0.440. The van der Waals surface area contributed by atoms with Gasteiger partial charge in [0.2, 0.25) is 11.7 Å². The second-order valence-corrected chi connectivity index (χ2v) is 6.99. The first-order chi connectivity index (χ1) is 14.5. The van der Waals surface area contributed by atoms with E-state index in [0.29, 0.717) is 35.1 Å². The van der Waals surface area contributed by atoms with Gasteiger partial charge in [-0.3, -0.25) is 4.79 Å². The summed E-state index contributed by atoms with van der Waals surface area (Å²) in [4.78, 5) is 31.2. The molecule has 0 unspecified atom stereocenters. The lowest BCUT2D eigenvalue weighted by Gasteiger charge is -2.17. The minimum atomic E-state index is -0.412. The van der Waals surface area contributed by atoms with Crippen molar-refractivity contribution in [3.63, 3.8) is 0 Å². The fourth-order valence-electron chi connectivity index (χ4n) is 3.16. The number of nitrogens with zero attached hydrogens (tertiary/aromatic N) is 6. The normalized spacial score (nSPS) is 11.2. The van der Waals surface area contributed by atoms with Crippen molar-refractivity contribution in [3.05, 3.63) is 58.1 Å². The first-order valence-corrected chi connectivity index (χ1v) is 9.85. The van der Waals surface area contributed by atoms with Crippen LogP contribution in [0.4, 0.5) is 0 Å². The lowest BCUT2D eigenvalue weighted by Crippen LogP contribution is -2.36. The minimum absolute atomic E-state index is 0.137. The third-order valence-corrected chi connectivity index (χ3v) is 5.02. The van der Waals surface area contributed by atoms with Crippen LogP contribution >= 0.6 is 11.6 Å². The van der Waals surface area contributed by atoms with Crippen LogP contribution in [-0.4, -0.2) is 48.2 Å². The molecule has 0 aliphatic carbocycles. The number of carbonyl (C=O) groups is 1. The summed E-state index contributed by atoms with van der Waals surface area (Å²) >= 11 is 5.92. The van der Waals surface area contributed by atoms with Gasteiger partial charge < -0.3 is 9.42 Å². The van der Waals surface area contributed by atoms with E-state index in [2.05, 4.69) is 15.2 Å². The van der Waals surface area contributed by atoms with E-state index >= 15 is 0 Å². The monoisotopic (exact) mass is 426 g/mol. The van der Waals surface area contributed by atoms with Gasteiger partial charge in [0.05, 0.1) is 5.56 Å². The lowest BCUT2D eigenvalue weighted by molar-refractivity contribution is -0.131. The fourth-order valence-corrected chi connectivity index (χ4v) is 3.29. The maximum atomic E-state index is 12.7. The molecular formula is C20H19ClN6O3. The Hall–Kier alpha value is -3.46. The van der Waals surface area contributed by atoms with Crippen molar-refractivity contribution in [2.24, 2.45) is 0 Å². The molecule has 3 heterocycles. The maximum Gasteiger partial charge on any atom is 0.350 e. The van der Waals surface area contributed by atoms with Crippen LogP contribution in [-0.2, 0) is 11.3 Å². The summed E-state index contributed by atoms with van der Waals surface area (Å²) in [6.45, 7) is 4.78. The Labute approximate surface area is 176 Å². The Kier molecular flexibility index (Phi) is 5.37. The summed E-state index contributed by atoms with van der Waals surface area (Å²) < 4.78 is 7.92. The van der Waals surface area contributed by atoms with Crippen LogP contribution in [0.3, 0.4) is 0 Å². The van der Waals surface area contributed by atoms with E-state index in [9.17, 15) is 9.59 Å². The van der Waals surface area contributed by atoms with Gasteiger partial charge in [0.15, 0.2) is 5.65 Å². The minimum Gasteiger partial charge on any atom is -0.342 e. The van der Waals surface area contributed by atoms with Crippen molar-refractivity contribution in [3.8, 4) is 22.8 Å². The van der Waals surface area contributed by atoms with Gasteiger partial charge in [0.25, 0.3) is 5.89 Å². The van der Waals surface area contributed by atoms with E-state index in [-0.39, 0.29) is 18.3 Å². The number of benzene rings is 1. The van der Waals surface area contributed by atoms with Crippen molar-refractivity contribution in [1.29, 1.82) is 0 Å². The molecule has 0 spiro atoms. The molecule has 0 saturated heterocycles. The van der Waals surface area contributed by atoms with Gasteiger partial charge >= 0.3 is 5.69 Å². The number of rotatable bonds is 6. The molecule has 0 aliphatic heterocycles. The smallest absolute Gasteiger partial charge is 0.342 e. The van der Waals surface area contributed by atoms with E-state index < -0.39 is 5.69 Å². The average molecular weight is 427 g/mol. The number of pyridine rings is 1. The van der Waals surface area contributed by atoms with Crippen LogP contribution in [0.15, 0.2) is 51.9 Å². The Bertz CT molecular complexity index is 1250. The molecule has 10 heteroatoms. The van der Waals surface area contributed by atoms with Crippen LogP contribution in [0, 0.1) is 0 Å². The molecule has 1 aromatic carbocycles. The zero-order valence-electron chi connectivity index (χ0n) is 16.4. The van der Waals surface area contributed by atoms with E-state index in [1.54, 1.807) is 47.5 Å². The summed E-state index contributed by atoms with van der Waals surface area (Å²) in [7, 11) is 0. The second-order valence-electron chi connectivity index (χ2n) is 6.55. The lowest BCUT2D eigenvalue weighted by atomic mass is 10.2. The molecule has 9 nitrogen and oxygen atoms in total. The van der Waals surface area contributed by atoms with Crippen LogP contribution in [0.1, 0.15) is 13.8 Å². The van der Waals surface area contributed by atoms with Crippen LogP contribution in [0.25, 0.3) is 28.5 Å². The molecule has 0 radical (unpaired) electrons. The quantitative estimate of drug-likeness (QED) is 0.470. The number of hydrogen-bond donors (Lipinski definition) is 0. The van der Waals surface area contributed by atoms with Gasteiger partial charge in [-0.2, -0.15) is 4.98 Å². The van der Waals surface area contributed by atoms with Gasteiger partial charge in [0, 0.05) is 29.9 Å². The molecule has 4 aromatic rings. The predicted molar refractivity (Wildman–Crippen MR) is 111 cm³/mol. The van der Waals surface area contributed by atoms with E-state index in [1.165, 1.54) is 4.40 Å². The molecule has 0 N–H and O–H groups in total. The van der Waals surface area contributed by atoms with Crippen molar-refractivity contribution in [2.75, 3.05) is 13.1 Å². The van der Waals surface area contributed by atoms with Crippen LogP contribution in [0.5, 0.6) is 0 Å². The Balaban J connectivity index is 1.72. The van der Waals surface area contributed by atoms with E-state index in [4.69, 9.17) is 16.1 Å². The zero-order chi connectivity index (χ0) is 21.3. The number of likely N-dealkylation sites (N-methyl/N-ethyl adjacent to an activating group) is 1. The molecule has 1 amide bonds. The largest absolute Gasteiger partial charge is 0.350 e. The molecule has 3 aromatic heterocycles. The van der Waals surface area contributed by atoms with Crippen molar-refractivity contribution < 1.29 is 9.32 Å². The SMILES string of the molecule is CCN(CC)C(=O)Cn1nc2c(-c3nc(-c4ccc(Cl)cc4)no3)cccn2c1=O. The number of hydrogen-bond acceptors (Lipinski definition) is 6. The van der Waals surface area contributed by atoms with E-state index in [1.807, 2.05) is 13.8 Å². The van der Waals surface area contributed by atoms with Gasteiger partial charge in [-0.1, -0.05) is 16.8 Å². The number of amides is 1. The molecule has 0 aliphatic rings. The van der Waals surface area contributed by atoms with Crippen LogP contribution in [0.2, 0.25) is 5.02 Å². The highest BCUT2D eigenvalue weighted by Gasteiger charge is 2.19. The molecular weight excluding hydrogens is 408 g/mol. The molecule has 0 bridgehead atoms. The molecule has 0 fully saturated rings. The van der Waals surface area contributed by atoms with Gasteiger partial charge in [-0.05, 0) is 50.2 Å². The molecule has 0 atom stereocenters. The van der Waals surface area contributed by atoms with Gasteiger partial charge in [0.1, 0.15) is 6.54 Å². The second kappa shape index (κ2) is 8.11. The first-order valence-electron chi connectivity index (χ1n) is 9.47. The average Bonchev–Trinajstić information content (AvgIpc) is 3.35. The third kappa shape index (κ3) is 3.59. The van der Waals surface area contributed by atoms with Gasteiger partial charge in [-0.15, -0.1) is 5.10 Å². The van der Waals surface area contributed by atoms with E-state index in [0.717, 1.165) is 10.2 Å². The van der Waals surface area contributed by atoms with Crippen LogP contribution < -0.4 is 5.69 Å². The fraction of sp³-hybridized carbons (Fsp3) is 0.250. The highest BCUT2D eigenvalue weighted by atomic mass is 35.5. The standard InChI is InChI=1S/C20H19ClN6O3/c1-3-25(4-2)16(28)12-27-20(29)26-11-5-6-15(18(26)23-27)19-22-17(24-30-19)13-7-9-14(21)10-8-13/h5-11H,3-4,12H2,1-2H3. The van der Waals surface area contributed by atoms with Crippen molar-refractivity contribution in [1.82, 2.24) is 29.2 Å². The number of carbonyl (C=O) groups excluding carboxylic acids is 1. The highest BCUT2D eigenvalue weighted by Crippen LogP contribution is 2.25. The summed E-state index contributed by atoms with van der Waals surface area (Å²) in [6, 6.07) is 10.5. The van der Waals surface area contributed by atoms with Crippen molar-refractivity contribution >= 4 is 23.2 Å². The highest BCUT2D eigenvalue weighted by molar-refractivity contribution is 6.30. The summed E-state index contributed by atoms with van der Waals surface area (Å²) in [6.07, 6.45) is 1.59. The molecule has 154 valence electrons. The number of aromatic nitrogens is 5. The number of halogens is 1. The molecule has 0 saturated carbocycles. The Morgan fingerprint density at radius 2 is 1.90 bits per heavy atom.